The number of rotatable bonds is 4. The monoisotopic (exact) mass is 292 g/mol. The van der Waals surface area contributed by atoms with Gasteiger partial charge in [-0.25, -0.2) is 0 Å². The lowest BCUT2D eigenvalue weighted by Gasteiger charge is -2.36. The third-order valence-electron chi connectivity index (χ3n) is 3.98. The molecule has 1 saturated carbocycles. The Kier molecular flexibility index (Phi) is 4.52. The lowest BCUT2D eigenvalue weighted by Crippen LogP contribution is -2.49. The van der Waals surface area contributed by atoms with Gasteiger partial charge in [0.2, 0.25) is 0 Å². The molecule has 1 N–H and O–H groups in total. The molecule has 6 nitrogen and oxygen atoms in total. The van der Waals surface area contributed by atoms with Gasteiger partial charge in [0.15, 0.2) is 5.79 Å². The second-order valence-corrected chi connectivity index (χ2v) is 7.38. The van der Waals surface area contributed by atoms with E-state index in [2.05, 4.69) is 4.72 Å². The van der Waals surface area contributed by atoms with Crippen molar-refractivity contribution in [3.05, 3.63) is 0 Å². The van der Waals surface area contributed by atoms with Gasteiger partial charge < -0.3 is 9.47 Å². The van der Waals surface area contributed by atoms with Crippen molar-refractivity contribution < 1.29 is 17.9 Å². The predicted octanol–water partition coefficient (Wildman–Crippen LogP) is 0.847. The fourth-order valence-electron chi connectivity index (χ4n) is 2.53. The molecule has 112 valence electrons. The van der Waals surface area contributed by atoms with E-state index in [1.54, 1.807) is 7.05 Å². The van der Waals surface area contributed by atoms with Crippen LogP contribution in [0.3, 0.4) is 0 Å². The van der Waals surface area contributed by atoms with Crippen LogP contribution in [-0.2, 0) is 19.7 Å². The molecule has 2 rings (SSSR count). The van der Waals surface area contributed by atoms with Gasteiger partial charge in [0.05, 0.1) is 13.2 Å². The minimum Gasteiger partial charge on any atom is -0.348 e. The molecule has 0 bridgehead atoms. The second-order valence-electron chi connectivity index (χ2n) is 5.61. The van der Waals surface area contributed by atoms with E-state index in [9.17, 15) is 8.42 Å². The normalized spacial score (nSPS) is 24.7. The van der Waals surface area contributed by atoms with Crippen molar-refractivity contribution in [2.75, 3.05) is 20.3 Å². The van der Waals surface area contributed by atoms with Crippen LogP contribution in [0, 0.1) is 0 Å². The summed E-state index contributed by atoms with van der Waals surface area (Å²) in [5, 5.41) is 0. The number of nitrogens with zero attached hydrogens (tertiary/aromatic N) is 1. The molecule has 1 aliphatic carbocycles. The van der Waals surface area contributed by atoms with Gasteiger partial charge in [-0.05, 0) is 26.7 Å². The number of hydrogen-bond donors (Lipinski definition) is 1. The highest BCUT2D eigenvalue weighted by Crippen LogP contribution is 2.35. The highest BCUT2D eigenvalue weighted by atomic mass is 32.2. The number of hydrogen-bond acceptors (Lipinski definition) is 4. The Morgan fingerprint density at radius 3 is 2.21 bits per heavy atom. The molecule has 2 aliphatic rings. The van der Waals surface area contributed by atoms with E-state index in [1.807, 2.05) is 13.8 Å². The van der Waals surface area contributed by atoms with Crippen molar-refractivity contribution in [3.63, 3.8) is 0 Å². The molecule has 0 aromatic heterocycles. The van der Waals surface area contributed by atoms with E-state index >= 15 is 0 Å². The molecule has 1 heterocycles. The molecule has 0 unspecified atom stereocenters. The Hall–Kier alpha value is -0.210. The van der Waals surface area contributed by atoms with Crippen LogP contribution in [-0.4, -0.2) is 50.9 Å². The molecular weight excluding hydrogens is 268 g/mol. The topological polar surface area (TPSA) is 67.9 Å². The van der Waals surface area contributed by atoms with Gasteiger partial charge in [-0.1, -0.05) is 0 Å². The van der Waals surface area contributed by atoms with Crippen LogP contribution in [0.15, 0.2) is 0 Å². The molecule has 7 heteroatoms. The van der Waals surface area contributed by atoms with E-state index < -0.39 is 16.0 Å². The van der Waals surface area contributed by atoms with Crippen LogP contribution < -0.4 is 4.72 Å². The Bertz CT molecular complexity index is 394. The summed E-state index contributed by atoms with van der Waals surface area (Å²) in [6.45, 7) is 5.00. The van der Waals surface area contributed by atoms with Crippen LogP contribution in [0.2, 0.25) is 0 Å². The summed E-state index contributed by atoms with van der Waals surface area (Å²) in [6.07, 6.45) is 3.02. The maximum atomic E-state index is 12.1. The molecule has 19 heavy (non-hydrogen) atoms. The Balaban J connectivity index is 1.88. The van der Waals surface area contributed by atoms with Crippen molar-refractivity contribution in [2.24, 2.45) is 0 Å². The average Bonchev–Trinajstić information content (AvgIpc) is 2.80. The van der Waals surface area contributed by atoms with Gasteiger partial charge in [0, 0.05) is 32.0 Å². The first-order valence-electron chi connectivity index (χ1n) is 6.88. The molecule has 1 saturated heterocycles. The smallest absolute Gasteiger partial charge is 0.279 e. The first kappa shape index (κ1) is 15.2. The molecule has 0 atom stereocenters. The van der Waals surface area contributed by atoms with Crippen LogP contribution in [0.5, 0.6) is 0 Å². The standard InChI is InChI=1S/C12H24N2O4S/c1-10(2)14(3)19(15,16)13-11-4-6-12(7-5-11)17-8-9-18-12/h10-11,13H,4-9H2,1-3H3. The van der Waals surface area contributed by atoms with Crippen LogP contribution in [0.1, 0.15) is 39.5 Å². The molecular formula is C12H24N2O4S. The summed E-state index contributed by atoms with van der Waals surface area (Å²) < 4.78 is 39.6. The Labute approximate surface area is 115 Å². The fourth-order valence-corrected chi connectivity index (χ4v) is 3.91. The first-order chi connectivity index (χ1) is 8.85. The van der Waals surface area contributed by atoms with E-state index in [0.29, 0.717) is 13.2 Å². The van der Waals surface area contributed by atoms with Crippen molar-refractivity contribution in [3.8, 4) is 0 Å². The van der Waals surface area contributed by atoms with E-state index in [4.69, 9.17) is 9.47 Å². The van der Waals surface area contributed by atoms with Gasteiger partial charge in [-0.15, -0.1) is 0 Å². The van der Waals surface area contributed by atoms with Crippen LogP contribution >= 0.6 is 0 Å². The third kappa shape index (κ3) is 3.46. The maximum Gasteiger partial charge on any atom is 0.279 e. The summed E-state index contributed by atoms with van der Waals surface area (Å²) >= 11 is 0. The highest BCUT2D eigenvalue weighted by Gasteiger charge is 2.41. The van der Waals surface area contributed by atoms with Gasteiger partial charge in [-0.2, -0.15) is 17.4 Å². The summed E-state index contributed by atoms with van der Waals surface area (Å²) in [7, 11) is -1.79. The van der Waals surface area contributed by atoms with Crippen molar-refractivity contribution >= 4 is 10.2 Å². The van der Waals surface area contributed by atoms with Crippen LogP contribution in [0.4, 0.5) is 0 Å². The molecule has 2 fully saturated rings. The lowest BCUT2D eigenvalue weighted by molar-refractivity contribution is -0.178. The predicted molar refractivity (Wildman–Crippen MR) is 71.8 cm³/mol. The third-order valence-corrected chi connectivity index (χ3v) is 5.79. The van der Waals surface area contributed by atoms with Gasteiger partial charge >= 0.3 is 0 Å². The fraction of sp³-hybridized carbons (Fsp3) is 1.00. The van der Waals surface area contributed by atoms with E-state index in [1.165, 1.54) is 4.31 Å². The average molecular weight is 292 g/mol. The summed E-state index contributed by atoms with van der Waals surface area (Å²) in [5.41, 5.74) is 0. The van der Waals surface area contributed by atoms with Crippen molar-refractivity contribution in [1.29, 1.82) is 0 Å². The molecule has 0 radical (unpaired) electrons. The minimum absolute atomic E-state index is 0.0235. The zero-order chi connectivity index (χ0) is 14.1. The van der Waals surface area contributed by atoms with Crippen molar-refractivity contribution in [1.82, 2.24) is 9.03 Å². The second kappa shape index (κ2) is 5.65. The number of nitrogens with one attached hydrogen (secondary N) is 1. The summed E-state index contributed by atoms with van der Waals surface area (Å²) in [4.78, 5) is 0. The zero-order valence-electron chi connectivity index (χ0n) is 11.9. The quantitative estimate of drug-likeness (QED) is 0.834. The SMILES string of the molecule is CC(C)N(C)S(=O)(=O)NC1CCC2(CC1)OCCO2. The lowest BCUT2D eigenvalue weighted by atomic mass is 9.91. The van der Waals surface area contributed by atoms with E-state index in [0.717, 1.165) is 25.7 Å². The Morgan fingerprint density at radius 1 is 1.21 bits per heavy atom. The Morgan fingerprint density at radius 2 is 1.74 bits per heavy atom. The number of ether oxygens (including phenoxy) is 2. The first-order valence-corrected chi connectivity index (χ1v) is 8.32. The van der Waals surface area contributed by atoms with Gasteiger partial charge in [-0.3, -0.25) is 0 Å². The molecule has 0 amide bonds. The largest absolute Gasteiger partial charge is 0.348 e. The molecule has 0 aromatic carbocycles. The maximum absolute atomic E-state index is 12.1. The molecule has 1 spiro atoms. The minimum atomic E-state index is -3.39. The summed E-state index contributed by atoms with van der Waals surface area (Å²) in [5.74, 6) is -0.439. The zero-order valence-corrected chi connectivity index (χ0v) is 12.7. The van der Waals surface area contributed by atoms with Gasteiger partial charge in [0.1, 0.15) is 0 Å². The van der Waals surface area contributed by atoms with Gasteiger partial charge in [0.25, 0.3) is 10.2 Å². The summed E-state index contributed by atoms with van der Waals surface area (Å²) in [6, 6.07) is -0.0708. The molecule has 0 aromatic rings. The highest BCUT2D eigenvalue weighted by molar-refractivity contribution is 7.87. The van der Waals surface area contributed by atoms with Crippen molar-refractivity contribution in [2.45, 2.75) is 57.4 Å². The molecule has 1 aliphatic heterocycles. The van der Waals surface area contributed by atoms with Crippen LogP contribution in [0.25, 0.3) is 0 Å². The van der Waals surface area contributed by atoms with E-state index in [-0.39, 0.29) is 12.1 Å².